The molecule has 0 saturated carbocycles. The van der Waals surface area contributed by atoms with Gasteiger partial charge in [0, 0.05) is 18.8 Å². The SMILES string of the molecule is COc1ccccc1OCC1COC(CCc2ccc(F)cc2)(Cn2ccnc2)O1. The lowest BCUT2D eigenvalue weighted by Crippen LogP contribution is -2.37. The van der Waals surface area contributed by atoms with Gasteiger partial charge in [-0.1, -0.05) is 24.3 Å². The maximum Gasteiger partial charge on any atom is 0.187 e. The number of hydrogen-bond acceptors (Lipinski definition) is 5. The van der Waals surface area contributed by atoms with Crippen molar-refractivity contribution in [2.75, 3.05) is 20.3 Å². The van der Waals surface area contributed by atoms with Crippen molar-refractivity contribution in [1.82, 2.24) is 9.55 Å². The van der Waals surface area contributed by atoms with Gasteiger partial charge in [-0.25, -0.2) is 9.37 Å². The monoisotopic (exact) mass is 412 g/mol. The van der Waals surface area contributed by atoms with Crippen LogP contribution in [0.1, 0.15) is 12.0 Å². The zero-order valence-electron chi connectivity index (χ0n) is 16.9. The first-order valence-corrected chi connectivity index (χ1v) is 9.94. The van der Waals surface area contributed by atoms with Crippen LogP contribution in [0.25, 0.3) is 0 Å². The number of para-hydroxylation sites is 2. The number of rotatable bonds is 9. The summed E-state index contributed by atoms with van der Waals surface area (Å²) in [7, 11) is 1.61. The molecule has 1 fully saturated rings. The Balaban J connectivity index is 1.41. The molecule has 0 aliphatic carbocycles. The van der Waals surface area contributed by atoms with Crippen molar-refractivity contribution in [3.05, 3.63) is 78.6 Å². The van der Waals surface area contributed by atoms with Crippen molar-refractivity contribution >= 4 is 0 Å². The maximum atomic E-state index is 13.2. The summed E-state index contributed by atoms with van der Waals surface area (Å²) < 4.78 is 38.9. The average Bonchev–Trinajstić information content (AvgIpc) is 3.43. The van der Waals surface area contributed by atoms with Crippen molar-refractivity contribution in [1.29, 1.82) is 0 Å². The van der Waals surface area contributed by atoms with Crippen LogP contribution < -0.4 is 9.47 Å². The normalized spacial score (nSPS) is 20.9. The third-order valence-electron chi connectivity index (χ3n) is 5.10. The van der Waals surface area contributed by atoms with Crippen LogP contribution in [0.2, 0.25) is 0 Å². The first-order valence-electron chi connectivity index (χ1n) is 9.94. The minimum Gasteiger partial charge on any atom is -0.493 e. The highest BCUT2D eigenvalue weighted by molar-refractivity contribution is 5.39. The topological polar surface area (TPSA) is 54.7 Å². The highest BCUT2D eigenvalue weighted by Crippen LogP contribution is 2.32. The van der Waals surface area contributed by atoms with Gasteiger partial charge in [-0.2, -0.15) is 0 Å². The molecule has 30 heavy (non-hydrogen) atoms. The van der Waals surface area contributed by atoms with Crippen LogP contribution in [0.4, 0.5) is 4.39 Å². The van der Waals surface area contributed by atoms with Gasteiger partial charge in [0.15, 0.2) is 17.3 Å². The second kappa shape index (κ2) is 9.28. The fourth-order valence-electron chi connectivity index (χ4n) is 3.56. The van der Waals surface area contributed by atoms with E-state index in [1.165, 1.54) is 12.1 Å². The van der Waals surface area contributed by atoms with Gasteiger partial charge in [-0.15, -0.1) is 0 Å². The first kappa shape index (κ1) is 20.4. The molecule has 2 heterocycles. The van der Waals surface area contributed by atoms with Crippen molar-refractivity contribution < 1.29 is 23.3 Å². The number of ether oxygens (including phenoxy) is 4. The Labute approximate surface area is 175 Å². The molecule has 0 spiro atoms. The van der Waals surface area contributed by atoms with E-state index in [1.54, 1.807) is 31.8 Å². The number of aryl methyl sites for hydroxylation is 1. The van der Waals surface area contributed by atoms with Crippen LogP contribution in [0.5, 0.6) is 11.5 Å². The van der Waals surface area contributed by atoms with Crippen LogP contribution >= 0.6 is 0 Å². The van der Waals surface area contributed by atoms with E-state index >= 15 is 0 Å². The molecule has 2 aromatic carbocycles. The van der Waals surface area contributed by atoms with Crippen molar-refractivity contribution in [3.63, 3.8) is 0 Å². The predicted octanol–water partition coefficient (Wildman–Crippen LogP) is 3.85. The van der Waals surface area contributed by atoms with Gasteiger partial charge >= 0.3 is 0 Å². The highest BCUT2D eigenvalue weighted by Gasteiger charge is 2.42. The minimum absolute atomic E-state index is 0.216. The molecule has 1 aromatic heterocycles. The molecule has 0 bridgehead atoms. The molecule has 2 unspecified atom stereocenters. The molecular formula is C23H25FN2O4. The van der Waals surface area contributed by atoms with E-state index < -0.39 is 5.79 Å². The lowest BCUT2D eigenvalue weighted by molar-refractivity contribution is -0.184. The lowest BCUT2D eigenvalue weighted by atomic mass is 10.0. The van der Waals surface area contributed by atoms with Gasteiger partial charge in [0.1, 0.15) is 18.5 Å². The fourth-order valence-corrected chi connectivity index (χ4v) is 3.56. The van der Waals surface area contributed by atoms with Crippen molar-refractivity contribution in [2.45, 2.75) is 31.3 Å². The molecule has 2 atom stereocenters. The Morgan fingerprint density at radius 3 is 2.70 bits per heavy atom. The van der Waals surface area contributed by atoms with Gasteiger partial charge in [-0.3, -0.25) is 0 Å². The second-order valence-electron chi connectivity index (χ2n) is 7.28. The first-order chi connectivity index (χ1) is 14.7. The molecule has 0 amide bonds. The van der Waals surface area contributed by atoms with E-state index in [1.807, 2.05) is 35.0 Å². The van der Waals surface area contributed by atoms with E-state index in [-0.39, 0.29) is 11.9 Å². The molecule has 1 aliphatic rings. The molecule has 6 nitrogen and oxygen atoms in total. The predicted molar refractivity (Wildman–Crippen MR) is 109 cm³/mol. The zero-order chi connectivity index (χ0) is 20.8. The third-order valence-corrected chi connectivity index (χ3v) is 5.10. The van der Waals surface area contributed by atoms with E-state index in [0.29, 0.717) is 44.1 Å². The summed E-state index contributed by atoms with van der Waals surface area (Å²) in [5.74, 6) is 0.303. The Kier molecular flexibility index (Phi) is 6.30. The molecule has 1 aliphatic heterocycles. The van der Waals surface area contributed by atoms with Crippen molar-refractivity contribution in [3.8, 4) is 11.5 Å². The summed E-state index contributed by atoms with van der Waals surface area (Å²) in [6.45, 7) is 1.29. The highest BCUT2D eigenvalue weighted by atomic mass is 19.1. The van der Waals surface area contributed by atoms with Gasteiger partial charge in [0.2, 0.25) is 0 Å². The van der Waals surface area contributed by atoms with Crippen LogP contribution in [-0.4, -0.2) is 41.8 Å². The summed E-state index contributed by atoms with van der Waals surface area (Å²) in [5.41, 5.74) is 1.03. The quantitative estimate of drug-likeness (QED) is 0.534. The molecule has 3 aromatic rings. The largest absolute Gasteiger partial charge is 0.493 e. The number of halogens is 1. The second-order valence-corrected chi connectivity index (χ2v) is 7.28. The van der Waals surface area contributed by atoms with Gasteiger partial charge in [-0.05, 0) is 36.2 Å². The standard InChI is InChI=1S/C23H25FN2O4/c1-27-21-4-2-3-5-22(21)28-14-20-15-29-23(30-20,16-26-13-12-25-17-26)11-10-18-6-8-19(24)9-7-18/h2-9,12-13,17,20H,10-11,14-16H2,1H3. The van der Waals surface area contributed by atoms with E-state index in [2.05, 4.69) is 4.98 Å². The number of aromatic nitrogens is 2. The minimum atomic E-state index is -0.802. The van der Waals surface area contributed by atoms with Gasteiger partial charge in [0.25, 0.3) is 0 Å². The zero-order valence-corrected chi connectivity index (χ0v) is 16.9. The summed E-state index contributed by atoms with van der Waals surface area (Å²) >= 11 is 0. The lowest BCUT2D eigenvalue weighted by Gasteiger charge is -2.28. The van der Waals surface area contributed by atoms with Crippen LogP contribution in [0.3, 0.4) is 0 Å². The number of imidazole rings is 1. The molecule has 0 radical (unpaired) electrons. The summed E-state index contributed by atoms with van der Waals surface area (Å²) in [6.07, 6.45) is 6.46. The Bertz CT molecular complexity index is 933. The molecule has 1 saturated heterocycles. The van der Waals surface area contributed by atoms with Crippen molar-refractivity contribution in [2.24, 2.45) is 0 Å². The van der Waals surface area contributed by atoms with Crippen LogP contribution in [0, 0.1) is 5.82 Å². The number of hydrogen-bond donors (Lipinski definition) is 0. The molecule has 0 N–H and O–H groups in total. The van der Waals surface area contributed by atoms with Crippen LogP contribution in [0.15, 0.2) is 67.3 Å². The number of benzene rings is 2. The summed E-state index contributed by atoms with van der Waals surface area (Å²) in [6, 6.07) is 14.0. The van der Waals surface area contributed by atoms with Gasteiger partial charge < -0.3 is 23.5 Å². The molecule has 7 heteroatoms. The smallest absolute Gasteiger partial charge is 0.187 e. The van der Waals surface area contributed by atoms with E-state index in [9.17, 15) is 4.39 Å². The molecule has 4 rings (SSSR count). The Morgan fingerprint density at radius 1 is 1.17 bits per heavy atom. The molecule has 158 valence electrons. The summed E-state index contributed by atoms with van der Waals surface area (Å²) in [4.78, 5) is 4.11. The average molecular weight is 412 g/mol. The third kappa shape index (κ3) is 4.98. The van der Waals surface area contributed by atoms with Gasteiger partial charge in [0.05, 0.1) is 26.6 Å². The molecular weight excluding hydrogens is 387 g/mol. The maximum absolute atomic E-state index is 13.2. The van der Waals surface area contributed by atoms with E-state index in [4.69, 9.17) is 18.9 Å². The van der Waals surface area contributed by atoms with Crippen LogP contribution in [-0.2, 0) is 22.4 Å². The summed E-state index contributed by atoms with van der Waals surface area (Å²) in [5, 5.41) is 0. The fraction of sp³-hybridized carbons (Fsp3) is 0.348. The Hall–Kier alpha value is -2.90. The number of methoxy groups -OCH3 is 1. The Morgan fingerprint density at radius 2 is 1.97 bits per heavy atom. The van der Waals surface area contributed by atoms with E-state index in [0.717, 1.165) is 5.56 Å². The number of nitrogens with zero attached hydrogens (tertiary/aromatic N) is 2.